The summed E-state index contributed by atoms with van der Waals surface area (Å²) in [7, 11) is 0. The normalized spacial score (nSPS) is 19.6. The lowest BCUT2D eigenvalue weighted by Gasteiger charge is -2.23. The third-order valence-corrected chi connectivity index (χ3v) is 4.13. The summed E-state index contributed by atoms with van der Waals surface area (Å²) < 4.78 is 0. The molecule has 1 aromatic rings. The van der Waals surface area contributed by atoms with Gasteiger partial charge in [-0.15, -0.1) is 11.6 Å². The summed E-state index contributed by atoms with van der Waals surface area (Å²) in [6.45, 7) is 2.12. The van der Waals surface area contributed by atoms with Crippen LogP contribution in [0.2, 0.25) is 0 Å². The largest absolute Gasteiger partial charge is 0.118 e. The highest BCUT2D eigenvalue weighted by Crippen LogP contribution is 2.35. The molecule has 0 spiro atoms. The zero-order valence-electron chi connectivity index (χ0n) is 10.1. The SMILES string of the molecule is Cc1ccc(C(Cl)CC2CCCCC2)cc1. The highest BCUT2D eigenvalue weighted by Gasteiger charge is 2.18. The topological polar surface area (TPSA) is 0 Å². The van der Waals surface area contributed by atoms with Gasteiger partial charge in [0.2, 0.25) is 0 Å². The summed E-state index contributed by atoms with van der Waals surface area (Å²) >= 11 is 6.49. The van der Waals surface area contributed by atoms with E-state index >= 15 is 0 Å². The third kappa shape index (κ3) is 3.25. The molecule has 2 rings (SSSR count). The molecule has 1 saturated carbocycles. The van der Waals surface area contributed by atoms with Gasteiger partial charge in [0.1, 0.15) is 0 Å². The van der Waals surface area contributed by atoms with Gasteiger partial charge >= 0.3 is 0 Å². The summed E-state index contributed by atoms with van der Waals surface area (Å²) in [6, 6.07) is 8.67. The molecule has 0 N–H and O–H groups in total. The molecule has 0 bridgehead atoms. The van der Waals surface area contributed by atoms with Gasteiger partial charge < -0.3 is 0 Å². The van der Waals surface area contributed by atoms with E-state index in [0.29, 0.717) is 0 Å². The van der Waals surface area contributed by atoms with Crippen LogP contribution in [0.25, 0.3) is 0 Å². The van der Waals surface area contributed by atoms with Gasteiger partial charge in [-0.1, -0.05) is 61.9 Å². The Morgan fingerprint density at radius 3 is 2.38 bits per heavy atom. The van der Waals surface area contributed by atoms with Crippen molar-refractivity contribution in [3.8, 4) is 0 Å². The Kier molecular flexibility index (Phi) is 4.29. The van der Waals surface area contributed by atoms with E-state index in [-0.39, 0.29) is 5.38 Å². The molecule has 1 aliphatic rings. The Hall–Kier alpha value is -0.490. The van der Waals surface area contributed by atoms with Crippen molar-refractivity contribution in [2.24, 2.45) is 5.92 Å². The molecule has 0 radical (unpaired) electrons. The second-order valence-corrected chi connectivity index (χ2v) is 5.64. The van der Waals surface area contributed by atoms with E-state index in [1.807, 2.05) is 0 Å². The Morgan fingerprint density at radius 2 is 1.75 bits per heavy atom. The Balaban J connectivity index is 1.91. The second-order valence-electron chi connectivity index (χ2n) is 5.12. The first kappa shape index (κ1) is 12.0. The fourth-order valence-electron chi connectivity index (χ4n) is 2.63. The van der Waals surface area contributed by atoms with Gasteiger partial charge in [-0.2, -0.15) is 0 Å². The summed E-state index contributed by atoms with van der Waals surface area (Å²) in [5, 5.41) is 0.212. The van der Waals surface area contributed by atoms with Crippen molar-refractivity contribution in [3.63, 3.8) is 0 Å². The molecule has 1 aliphatic carbocycles. The lowest BCUT2D eigenvalue weighted by molar-refractivity contribution is 0.336. The summed E-state index contributed by atoms with van der Waals surface area (Å²) in [5.41, 5.74) is 2.60. The number of rotatable bonds is 3. The molecular formula is C15H21Cl. The predicted octanol–water partition coefficient (Wildman–Crippen LogP) is 5.25. The second kappa shape index (κ2) is 5.72. The molecule has 16 heavy (non-hydrogen) atoms. The van der Waals surface area contributed by atoms with E-state index in [9.17, 15) is 0 Å². The van der Waals surface area contributed by atoms with Gasteiger partial charge in [0, 0.05) is 0 Å². The van der Waals surface area contributed by atoms with Gasteiger partial charge in [-0.3, -0.25) is 0 Å². The minimum Gasteiger partial charge on any atom is -0.118 e. The molecular weight excluding hydrogens is 216 g/mol. The number of alkyl halides is 1. The Morgan fingerprint density at radius 1 is 1.12 bits per heavy atom. The first-order valence-corrected chi connectivity index (χ1v) is 6.90. The van der Waals surface area contributed by atoms with Gasteiger partial charge in [-0.25, -0.2) is 0 Å². The molecule has 1 heteroatoms. The van der Waals surface area contributed by atoms with E-state index in [1.165, 1.54) is 43.2 Å². The van der Waals surface area contributed by atoms with Crippen LogP contribution in [0.3, 0.4) is 0 Å². The molecule has 1 fully saturated rings. The maximum absolute atomic E-state index is 6.49. The lowest BCUT2D eigenvalue weighted by Crippen LogP contribution is -2.08. The standard InChI is InChI=1S/C15H21Cl/c1-12-7-9-14(10-8-12)15(16)11-13-5-3-2-4-6-13/h7-10,13,15H,2-6,11H2,1H3. The quantitative estimate of drug-likeness (QED) is 0.630. The Bertz CT molecular complexity index is 309. The van der Waals surface area contributed by atoms with E-state index in [2.05, 4.69) is 31.2 Å². The summed E-state index contributed by atoms with van der Waals surface area (Å²) in [6.07, 6.45) is 8.16. The number of hydrogen-bond donors (Lipinski definition) is 0. The van der Waals surface area contributed by atoms with Gasteiger partial charge in [0.25, 0.3) is 0 Å². The molecule has 0 aromatic heterocycles. The van der Waals surface area contributed by atoms with Crippen LogP contribution in [0.5, 0.6) is 0 Å². The van der Waals surface area contributed by atoms with Crippen LogP contribution >= 0.6 is 11.6 Å². The van der Waals surface area contributed by atoms with Gasteiger partial charge in [0.15, 0.2) is 0 Å². The first-order valence-electron chi connectivity index (χ1n) is 6.46. The van der Waals surface area contributed by atoms with E-state index < -0.39 is 0 Å². The van der Waals surface area contributed by atoms with Crippen LogP contribution < -0.4 is 0 Å². The smallest absolute Gasteiger partial charge is 0.0587 e. The van der Waals surface area contributed by atoms with Crippen molar-refractivity contribution >= 4 is 11.6 Å². The molecule has 0 aliphatic heterocycles. The van der Waals surface area contributed by atoms with Crippen molar-refractivity contribution in [2.45, 2.75) is 50.8 Å². The number of aryl methyl sites for hydroxylation is 1. The van der Waals surface area contributed by atoms with E-state index in [4.69, 9.17) is 11.6 Å². The lowest BCUT2D eigenvalue weighted by atomic mass is 9.85. The van der Waals surface area contributed by atoms with E-state index in [1.54, 1.807) is 0 Å². The van der Waals surface area contributed by atoms with Crippen LogP contribution in [0.15, 0.2) is 24.3 Å². The molecule has 0 saturated heterocycles. The molecule has 1 aromatic carbocycles. The monoisotopic (exact) mass is 236 g/mol. The Labute approximate surface area is 104 Å². The van der Waals surface area contributed by atoms with Crippen molar-refractivity contribution in [2.75, 3.05) is 0 Å². The highest BCUT2D eigenvalue weighted by molar-refractivity contribution is 6.20. The maximum atomic E-state index is 6.49. The predicted molar refractivity (Wildman–Crippen MR) is 71.0 cm³/mol. The number of halogens is 1. The minimum absolute atomic E-state index is 0.212. The molecule has 1 unspecified atom stereocenters. The van der Waals surface area contributed by atoms with Crippen molar-refractivity contribution in [1.29, 1.82) is 0 Å². The first-order chi connectivity index (χ1) is 7.75. The zero-order valence-corrected chi connectivity index (χ0v) is 10.8. The zero-order chi connectivity index (χ0) is 11.4. The average Bonchev–Trinajstić information content (AvgIpc) is 2.31. The van der Waals surface area contributed by atoms with Crippen molar-refractivity contribution in [3.05, 3.63) is 35.4 Å². The molecule has 0 heterocycles. The van der Waals surface area contributed by atoms with Crippen molar-refractivity contribution in [1.82, 2.24) is 0 Å². The van der Waals surface area contributed by atoms with Crippen LogP contribution in [-0.4, -0.2) is 0 Å². The van der Waals surface area contributed by atoms with Crippen molar-refractivity contribution < 1.29 is 0 Å². The molecule has 88 valence electrons. The third-order valence-electron chi connectivity index (χ3n) is 3.70. The van der Waals surface area contributed by atoms with Gasteiger partial charge in [0.05, 0.1) is 5.38 Å². The van der Waals surface area contributed by atoms with E-state index in [0.717, 1.165) is 12.3 Å². The number of hydrogen-bond acceptors (Lipinski definition) is 0. The maximum Gasteiger partial charge on any atom is 0.0587 e. The number of benzene rings is 1. The average molecular weight is 237 g/mol. The summed E-state index contributed by atoms with van der Waals surface area (Å²) in [5.74, 6) is 0.859. The van der Waals surface area contributed by atoms with Crippen LogP contribution in [-0.2, 0) is 0 Å². The minimum atomic E-state index is 0.212. The fraction of sp³-hybridized carbons (Fsp3) is 0.600. The summed E-state index contributed by atoms with van der Waals surface area (Å²) in [4.78, 5) is 0. The van der Waals surface area contributed by atoms with Gasteiger partial charge in [-0.05, 0) is 24.8 Å². The fourth-order valence-corrected chi connectivity index (χ4v) is 3.02. The van der Waals surface area contributed by atoms with Crippen LogP contribution in [0, 0.1) is 12.8 Å². The van der Waals surface area contributed by atoms with Crippen LogP contribution in [0.1, 0.15) is 55.0 Å². The highest BCUT2D eigenvalue weighted by atomic mass is 35.5. The molecule has 0 nitrogen and oxygen atoms in total. The van der Waals surface area contributed by atoms with Crippen LogP contribution in [0.4, 0.5) is 0 Å². The molecule has 0 amide bonds. The molecule has 1 atom stereocenters.